The van der Waals surface area contributed by atoms with Crippen LogP contribution in [0.2, 0.25) is 0 Å². The number of aromatic nitrogens is 3. The second-order valence-electron chi connectivity index (χ2n) is 9.00. The van der Waals surface area contributed by atoms with Gasteiger partial charge in [0.25, 0.3) is 0 Å². The van der Waals surface area contributed by atoms with Crippen molar-refractivity contribution in [2.24, 2.45) is 0 Å². The lowest BCUT2D eigenvalue weighted by Crippen LogP contribution is -2.42. The summed E-state index contributed by atoms with van der Waals surface area (Å²) in [5.41, 5.74) is 4.01. The lowest BCUT2D eigenvalue weighted by atomic mass is 9.94. The maximum atomic E-state index is 13.6. The normalized spacial score (nSPS) is 18.0. The summed E-state index contributed by atoms with van der Waals surface area (Å²) in [5.74, 6) is 0.322. The molecule has 8 nitrogen and oxygen atoms in total. The Bertz CT molecular complexity index is 1340. The molecule has 1 aliphatic heterocycles. The van der Waals surface area contributed by atoms with Gasteiger partial charge in [0, 0.05) is 50.6 Å². The average Bonchev–Trinajstić information content (AvgIpc) is 3.46. The van der Waals surface area contributed by atoms with Crippen LogP contribution in [0.1, 0.15) is 17.2 Å². The number of benzene rings is 2. The Balaban J connectivity index is 1.41. The summed E-state index contributed by atoms with van der Waals surface area (Å²) in [7, 11) is 1.67. The molecule has 2 unspecified atom stereocenters. The van der Waals surface area contributed by atoms with Crippen LogP contribution in [0.25, 0.3) is 16.9 Å². The molecule has 2 N–H and O–H groups in total. The predicted octanol–water partition coefficient (Wildman–Crippen LogP) is 4.08. The summed E-state index contributed by atoms with van der Waals surface area (Å²) in [6.07, 6.45) is 3.48. The fourth-order valence-corrected chi connectivity index (χ4v) is 4.81. The number of rotatable bonds is 7. The first-order valence-electron chi connectivity index (χ1n) is 12.0. The van der Waals surface area contributed by atoms with Gasteiger partial charge in [-0.25, -0.2) is 14.2 Å². The van der Waals surface area contributed by atoms with Crippen molar-refractivity contribution in [3.05, 3.63) is 84.1 Å². The number of aryl methyl sites for hydroxylation is 1. The first-order chi connectivity index (χ1) is 17.5. The number of urea groups is 1. The highest BCUT2D eigenvalue weighted by Crippen LogP contribution is 2.31. The number of ether oxygens (including phenoxy) is 1. The molecule has 186 valence electrons. The van der Waals surface area contributed by atoms with Crippen molar-refractivity contribution in [1.82, 2.24) is 24.6 Å². The highest BCUT2D eigenvalue weighted by molar-refractivity contribution is 5.94. The Morgan fingerprint density at radius 1 is 1.14 bits per heavy atom. The van der Waals surface area contributed by atoms with Crippen LogP contribution in [-0.4, -0.2) is 64.7 Å². The third-order valence-electron chi connectivity index (χ3n) is 6.62. The fraction of sp³-hybridized carbons (Fsp3) is 0.296. The van der Waals surface area contributed by atoms with Crippen LogP contribution in [0.4, 0.5) is 15.0 Å². The molecule has 2 atom stereocenters. The second kappa shape index (κ2) is 10.4. The van der Waals surface area contributed by atoms with E-state index >= 15 is 0 Å². The third kappa shape index (κ3) is 4.93. The summed E-state index contributed by atoms with van der Waals surface area (Å²) >= 11 is 0. The molecule has 0 saturated carbocycles. The van der Waals surface area contributed by atoms with E-state index in [1.165, 1.54) is 12.1 Å². The van der Waals surface area contributed by atoms with Gasteiger partial charge in [-0.2, -0.15) is 0 Å². The molecular formula is C27H29FN6O2. The molecule has 0 radical (unpaired) electrons. The molecule has 0 aliphatic carbocycles. The summed E-state index contributed by atoms with van der Waals surface area (Å²) in [4.78, 5) is 24.7. The SMILES string of the molecule is COCCN1CC(NC(=O)Nc2c(-c3ccccc3)nc3c(C)nccn23)C(c2ccc(F)cc2)C1. The van der Waals surface area contributed by atoms with Gasteiger partial charge >= 0.3 is 6.03 Å². The zero-order chi connectivity index (χ0) is 25.1. The number of amides is 2. The van der Waals surface area contributed by atoms with E-state index in [9.17, 15) is 9.18 Å². The molecule has 36 heavy (non-hydrogen) atoms. The molecular weight excluding hydrogens is 459 g/mol. The zero-order valence-corrected chi connectivity index (χ0v) is 20.3. The number of methoxy groups -OCH3 is 1. The number of carbonyl (C=O) groups is 1. The van der Waals surface area contributed by atoms with Crippen LogP contribution < -0.4 is 10.6 Å². The van der Waals surface area contributed by atoms with Gasteiger partial charge in [0.15, 0.2) is 5.65 Å². The van der Waals surface area contributed by atoms with Crippen molar-refractivity contribution >= 4 is 17.5 Å². The van der Waals surface area contributed by atoms with Crippen molar-refractivity contribution < 1.29 is 13.9 Å². The first kappa shape index (κ1) is 23.9. The molecule has 1 aliphatic rings. The van der Waals surface area contributed by atoms with Gasteiger partial charge < -0.3 is 10.1 Å². The number of imidazole rings is 1. The van der Waals surface area contributed by atoms with E-state index in [4.69, 9.17) is 9.72 Å². The van der Waals surface area contributed by atoms with E-state index in [-0.39, 0.29) is 23.8 Å². The molecule has 2 aromatic carbocycles. The minimum atomic E-state index is -0.325. The molecule has 9 heteroatoms. The van der Waals surface area contributed by atoms with Crippen LogP contribution in [-0.2, 0) is 4.74 Å². The topological polar surface area (TPSA) is 83.8 Å². The summed E-state index contributed by atoms with van der Waals surface area (Å²) in [6.45, 7) is 4.66. The van der Waals surface area contributed by atoms with E-state index < -0.39 is 0 Å². The molecule has 5 rings (SSSR count). The van der Waals surface area contributed by atoms with Crippen LogP contribution in [0, 0.1) is 12.7 Å². The second-order valence-corrected chi connectivity index (χ2v) is 9.00. The Labute approximate surface area is 209 Å². The average molecular weight is 489 g/mol. The number of fused-ring (bicyclic) bond motifs is 1. The van der Waals surface area contributed by atoms with E-state index in [2.05, 4.69) is 20.5 Å². The Kier molecular flexibility index (Phi) is 6.92. The van der Waals surface area contributed by atoms with Crippen LogP contribution in [0.3, 0.4) is 0 Å². The number of halogens is 1. The van der Waals surface area contributed by atoms with E-state index in [0.717, 1.165) is 29.9 Å². The van der Waals surface area contributed by atoms with Gasteiger partial charge in [-0.15, -0.1) is 0 Å². The van der Waals surface area contributed by atoms with Crippen LogP contribution in [0.15, 0.2) is 67.0 Å². The lowest BCUT2D eigenvalue weighted by Gasteiger charge is -2.21. The number of hydrogen-bond acceptors (Lipinski definition) is 5. The van der Waals surface area contributed by atoms with Gasteiger partial charge in [-0.3, -0.25) is 19.6 Å². The number of nitrogens with zero attached hydrogens (tertiary/aromatic N) is 4. The molecule has 1 fully saturated rings. The molecule has 0 bridgehead atoms. The molecule has 1 saturated heterocycles. The van der Waals surface area contributed by atoms with Crippen molar-refractivity contribution in [1.29, 1.82) is 0 Å². The van der Waals surface area contributed by atoms with E-state index in [1.54, 1.807) is 31.6 Å². The molecule has 0 spiro atoms. The van der Waals surface area contributed by atoms with E-state index in [1.807, 2.05) is 41.7 Å². The number of hydrogen-bond donors (Lipinski definition) is 2. The lowest BCUT2D eigenvalue weighted by molar-refractivity contribution is 0.159. The first-order valence-corrected chi connectivity index (χ1v) is 12.0. The molecule has 4 aromatic rings. The smallest absolute Gasteiger partial charge is 0.320 e. The molecule has 2 aromatic heterocycles. The largest absolute Gasteiger partial charge is 0.383 e. The number of anilines is 1. The van der Waals surface area contributed by atoms with Gasteiger partial charge in [-0.1, -0.05) is 42.5 Å². The van der Waals surface area contributed by atoms with E-state index in [0.29, 0.717) is 30.3 Å². The standard InChI is InChI=1S/C27H29FN6O2/c1-18-25-31-24(20-6-4-3-5-7-20)26(34(25)13-12-29-18)32-27(35)30-23-17-33(14-15-36-2)16-22(23)19-8-10-21(28)11-9-19/h3-13,22-23H,14-17H2,1-2H3,(H2,30,32,35). The third-order valence-corrected chi connectivity index (χ3v) is 6.62. The number of carbonyl (C=O) groups excluding carboxylic acids is 1. The van der Waals surface area contributed by atoms with Gasteiger partial charge in [-0.05, 0) is 24.6 Å². The predicted molar refractivity (Wildman–Crippen MR) is 137 cm³/mol. The Morgan fingerprint density at radius 3 is 2.67 bits per heavy atom. The fourth-order valence-electron chi connectivity index (χ4n) is 4.81. The highest BCUT2D eigenvalue weighted by Gasteiger charge is 2.35. The Morgan fingerprint density at radius 2 is 1.92 bits per heavy atom. The van der Waals surface area contributed by atoms with Gasteiger partial charge in [0.05, 0.1) is 18.3 Å². The van der Waals surface area contributed by atoms with Crippen molar-refractivity contribution in [3.8, 4) is 11.3 Å². The minimum absolute atomic E-state index is 0.0235. The van der Waals surface area contributed by atoms with Crippen molar-refractivity contribution in [3.63, 3.8) is 0 Å². The zero-order valence-electron chi connectivity index (χ0n) is 20.3. The maximum absolute atomic E-state index is 13.6. The maximum Gasteiger partial charge on any atom is 0.320 e. The summed E-state index contributed by atoms with van der Waals surface area (Å²) in [6, 6.07) is 15.8. The van der Waals surface area contributed by atoms with Crippen molar-refractivity contribution in [2.75, 3.05) is 38.7 Å². The summed E-state index contributed by atoms with van der Waals surface area (Å²) < 4.78 is 20.6. The highest BCUT2D eigenvalue weighted by atomic mass is 19.1. The number of likely N-dealkylation sites (tertiary alicyclic amines) is 1. The quantitative estimate of drug-likeness (QED) is 0.410. The van der Waals surface area contributed by atoms with Crippen LogP contribution in [0.5, 0.6) is 0 Å². The minimum Gasteiger partial charge on any atom is -0.383 e. The van der Waals surface area contributed by atoms with Gasteiger partial charge in [0.1, 0.15) is 17.3 Å². The summed E-state index contributed by atoms with van der Waals surface area (Å²) in [5, 5.41) is 6.21. The monoisotopic (exact) mass is 488 g/mol. The number of nitrogens with one attached hydrogen (secondary N) is 2. The molecule has 3 heterocycles. The molecule has 2 amide bonds. The van der Waals surface area contributed by atoms with Crippen LogP contribution >= 0.6 is 0 Å². The van der Waals surface area contributed by atoms with Crippen molar-refractivity contribution in [2.45, 2.75) is 18.9 Å². The Hall–Kier alpha value is -3.82. The van der Waals surface area contributed by atoms with Gasteiger partial charge in [0.2, 0.25) is 0 Å².